The van der Waals surface area contributed by atoms with Gasteiger partial charge in [-0.25, -0.2) is 4.79 Å². The Labute approximate surface area is 133 Å². The van der Waals surface area contributed by atoms with E-state index in [0.29, 0.717) is 22.9 Å². The molecular weight excluding hydrogens is 296 g/mol. The van der Waals surface area contributed by atoms with E-state index in [0.717, 1.165) is 0 Å². The summed E-state index contributed by atoms with van der Waals surface area (Å²) in [5.41, 5.74) is 1.12. The van der Waals surface area contributed by atoms with Crippen LogP contribution in [0.2, 0.25) is 0 Å². The van der Waals surface area contributed by atoms with Crippen LogP contribution in [0.4, 0.5) is 16.2 Å². The van der Waals surface area contributed by atoms with E-state index in [2.05, 4.69) is 5.32 Å². The lowest BCUT2D eigenvalue weighted by Crippen LogP contribution is -2.42. The second-order valence-electron chi connectivity index (χ2n) is 5.17. The van der Waals surface area contributed by atoms with Crippen molar-refractivity contribution in [2.24, 2.45) is 0 Å². The summed E-state index contributed by atoms with van der Waals surface area (Å²) < 4.78 is 10.7. The van der Waals surface area contributed by atoms with Gasteiger partial charge in [-0.05, 0) is 37.3 Å². The zero-order valence-corrected chi connectivity index (χ0v) is 12.8. The summed E-state index contributed by atoms with van der Waals surface area (Å²) in [6.07, 6.45) is -1.12. The fraction of sp³-hybridized carbons (Fsp3) is 0.176. The molecule has 1 aliphatic rings. The van der Waals surface area contributed by atoms with E-state index >= 15 is 0 Å². The molecule has 2 aromatic carbocycles. The first kappa shape index (κ1) is 14.9. The molecule has 1 unspecified atom stereocenters. The first-order valence-corrected chi connectivity index (χ1v) is 7.17. The van der Waals surface area contributed by atoms with Gasteiger partial charge in [0.2, 0.25) is 0 Å². The van der Waals surface area contributed by atoms with Crippen molar-refractivity contribution in [3.8, 4) is 11.5 Å². The number of hydrogen-bond acceptors (Lipinski definition) is 4. The zero-order chi connectivity index (χ0) is 16.4. The van der Waals surface area contributed by atoms with Crippen molar-refractivity contribution in [3.63, 3.8) is 0 Å². The summed E-state index contributed by atoms with van der Waals surface area (Å²) in [4.78, 5) is 25.4. The third-order valence-corrected chi connectivity index (χ3v) is 3.50. The van der Waals surface area contributed by atoms with E-state index in [4.69, 9.17) is 9.47 Å². The predicted molar refractivity (Wildman–Crippen MR) is 86.0 cm³/mol. The van der Waals surface area contributed by atoms with Gasteiger partial charge in [-0.15, -0.1) is 0 Å². The highest BCUT2D eigenvalue weighted by molar-refractivity contribution is 6.00. The number of likely N-dealkylation sites (N-methyl/N-ethyl adjacent to an activating group) is 1. The highest BCUT2D eigenvalue weighted by atomic mass is 16.6. The molecule has 0 spiro atoms. The molecule has 118 valence electrons. The van der Waals surface area contributed by atoms with Crippen LogP contribution in [-0.2, 0) is 4.79 Å². The summed E-state index contributed by atoms with van der Waals surface area (Å²) in [5, 5.41) is 2.63. The van der Waals surface area contributed by atoms with Crippen LogP contribution in [0.1, 0.15) is 6.92 Å². The number of nitrogens with one attached hydrogen (secondary N) is 1. The van der Waals surface area contributed by atoms with Gasteiger partial charge in [-0.2, -0.15) is 0 Å². The highest BCUT2D eigenvalue weighted by Gasteiger charge is 2.29. The highest BCUT2D eigenvalue weighted by Crippen LogP contribution is 2.35. The van der Waals surface area contributed by atoms with E-state index < -0.39 is 12.2 Å². The van der Waals surface area contributed by atoms with Crippen LogP contribution < -0.4 is 19.7 Å². The minimum atomic E-state index is -0.602. The van der Waals surface area contributed by atoms with Gasteiger partial charge >= 0.3 is 6.09 Å². The third-order valence-electron chi connectivity index (χ3n) is 3.50. The fourth-order valence-corrected chi connectivity index (χ4v) is 2.33. The molecule has 0 saturated heterocycles. The number of ether oxygens (including phenoxy) is 2. The van der Waals surface area contributed by atoms with Crippen LogP contribution in [0.25, 0.3) is 0 Å². The number of hydrogen-bond donors (Lipinski definition) is 1. The quantitative estimate of drug-likeness (QED) is 0.925. The van der Waals surface area contributed by atoms with E-state index in [1.165, 1.54) is 4.90 Å². The Morgan fingerprint density at radius 2 is 1.96 bits per heavy atom. The van der Waals surface area contributed by atoms with Gasteiger partial charge < -0.3 is 14.4 Å². The third kappa shape index (κ3) is 3.11. The number of carbonyl (C=O) groups is 2. The molecule has 0 saturated carbocycles. The molecule has 0 fully saturated rings. The number of amides is 2. The molecule has 23 heavy (non-hydrogen) atoms. The van der Waals surface area contributed by atoms with Gasteiger partial charge in [0.1, 0.15) is 11.5 Å². The average Bonchev–Trinajstić information content (AvgIpc) is 2.54. The van der Waals surface area contributed by atoms with Gasteiger partial charge in [0.05, 0.1) is 5.69 Å². The zero-order valence-electron chi connectivity index (χ0n) is 12.8. The van der Waals surface area contributed by atoms with Gasteiger partial charge in [0, 0.05) is 12.7 Å². The molecule has 1 atom stereocenters. The van der Waals surface area contributed by atoms with E-state index in [9.17, 15) is 9.59 Å². The maximum absolute atomic E-state index is 12.0. The number of benzene rings is 2. The van der Waals surface area contributed by atoms with Gasteiger partial charge in [0.15, 0.2) is 6.10 Å². The second-order valence-corrected chi connectivity index (χ2v) is 5.17. The molecule has 0 aliphatic carbocycles. The standard InChI is InChI=1S/C17H16N2O4/c1-11-16(20)19(2)14-10-12(8-9-15(14)22-11)18-17(21)23-13-6-4-3-5-7-13/h3-11H,1-2H3,(H,18,21). The van der Waals surface area contributed by atoms with Crippen molar-refractivity contribution < 1.29 is 19.1 Å². The van der Waals surface area contributed by atoms with Crippen molar-refractivity contribution in [1.29, 1.82) is 0 Å². The van der Waals surface area contributed by atoms with Crippen molar-refractivity contribution >= 4 is 23.4 Å². The molecule has 0 bridgehead atoms. The summed E-state index contributed by atoms with van der Waals surface area (Å²) in [7, 11) is 1.67. The SMILES string of the molecule is CC1Oc2ccc(NC(=O)Oc3ccccc3)cc2N(C)C1=O. The van der Waals surface area contributed by atoms with Crippen LogP contribution in [0.5, 0.6) is 11.5 Å². The molecule has 0 aromatic heterocycles. The Kier molecular flexibility index (Phi) is 3.89. The lowest BCUT2D eigenvalue weighted by Gasteiger charge is -2.30. The number of fused-ring (bicyclic) bond motifs is 1. The number of anilines is 2. The summed E-state index contributed by atoms with van der Waals surface area (Å²) in [5.74, 6) is 0.913. The summed E-state index contributed by atoms with van der Waals surface area (Å²) in [6.45, 7) is 1.70. The Hall–Kier alpha value is -3.02. The van der Waals surface area contributed by atoms with E-state index in [-0.39, 0.29) is 5.91 Å². The fourth-order valence-electron chi connectivity index (χ4n) is 2.33. The van der Waals surface area contributed by atoms with Crippen LogP contribution >= 0.6 is 0 Å². The Morgan fingerprint density at radius 3 is 2.70 bits per heavy atom. The lowest BCUT2D eigenvalue weighted by molar-refractivity contribution is -0.125. The first-order valence-electron chi connectivity index (χ1n) is 7.17. The number of carbonyl (C=O) groups excluding carboxylic acids is 2. The van der Waals surface area contributed by atoms with Crippen molar-refractivity contribution in [2.75, 3.05) is 17.3 Å². The molecule has 1 aliphatic heterocycles. The minimum Gasteiger partial charge on any atom is -0.479 e. The second kappa shape index (κ2) is 6.00. The van der Waals surface area contributed by atoms with E-state index in [1.807, 2.05) is 6.07 Å². The summed E-state index contributed by atoms with van der Waals surface area (Å²) >= 11 is 0. The van der Waals surface area contributed by atoms with Crippen LogP contribution in [-0.4, -0.2) is 25.2 Å². The normalized spacial score (nSPS) is 16.3. The Balaban J connectivity index is 1.75. The number of nitrogens with zero attached hydrogens (tertiary/aromatic N) is 1. The van der Waals surface area contributed by atoms with Gasteiger partial charge in [0.25, 0.3) is 5.91 Å². The number of para-hydroxylation sites is 1. The Morgan fingerprint density at radius 1 is 1.22 bits per heavy atom. The van der Waals surface area contributed by atoms with Gasteiger partial charge in [-0.1, -0.05) is 18.2 Å². The molecular formula is C17H16N2O4. The molecule has 3 rings (SSSR count). The van der Waals surface area contributed by atoms with Gasteiger partial charge in [-0.3, -0.25) is 10.1 Å². The largest absolute Gasteiger partial charge is 0.479 e. The van der Waals surface area contributed by atoms with Crippen LogP contribution in [0.3, 0.4) is 0 Å². The molecule has 1 N–H and O–H groups in total. The van der Waals surface area contributed by atoms with Crippen LogP contribution in [0, 0.1) is 0 Å². The maximum atomic E-state index is 12.0. The van der Waals surface area contributed by atoms with Crippen molar-refractivity contribution in [3.05, 3.63) is 48.5 Å². The molecule has 6 nitrogen and oxygen atoms in total. The molecule has 6 heteroatoms. The first-order chi connectivity index (χ1) is 11.0. The summed E-state index contributed by atoms with van der Waals surface area (Å²) in [6, 6.07) is 13.9. The monoisotopic (exact) mass is 312 g/mol. The molecule has 2 amide bonds. The van der Waals surface area contributed by atoms with Crippen molar-refractivity contribution in [2.45, 2.75) is 13.0 Å². The minimum absolute atomic E-state index is 0.137. The average molecular weight is 312 g/mol. The maximum Gasteiger partial charge on any atom is 0.417 e. The van der Waals surface area contributed by atoms with E-state index in [1.54, 1.807) is 56.4 Å². The van der Waals surface area contributed by atoms with Crippen molar-refractivity contribution in [1.82, 2.24) is 0 Å². The molecule has 1 heterocycles. The van der Waals surface area contributed by atoms with Crippen LogP contribution in [0.15, 0.2) is 48.5 Å². The Bertz CT molecular complexity index is 746. The number of rotatable bonds is 2. The molecule has 0 radical (unpaired) electrons. The smallest absolute Gasteiger partial charge is 0.417 e. The topological polar surface area (TPSA) is 67.9 Å². The molecule has 2 aromatic rings. The lowest BCUT2D eigenvalue weighted by atomic mass is 10.2. The predicted octanol–water partition coefficient (Wildman–Crippen LogP) is 3.04.